The van der Waals surface area contributed by atoms with Crippen LogP contribution in [0.1, 0.15) is 52.9 Å². The van der Waals surface area contributed by atoms with E-state index in [2.05, 4.69) is 20.8 Å². The van der Waals surface area contributed by atoms with Crippen LogP contribution in [0, 0.1) is 5.41 Å². The lowest BCUT2D eigenvalue weighted by atomic mass is 9.90. The van der Waals surface area contributed by atoms with Crippen molar-refractivity contribution in [3.63, 3.8) is 0 Å². The Kier molecular flexibility index (Phi) is 7.10. The van der Waals surface area contributed by atoms with Crippen molar-refractivity contribution in [3.05, 3.63) is 0 Å². The number of carbonyl (C=O) groups excluding carboxylic acids is 1. The monoisotopic (exact) mass is 262 g/mol. The van der Waals surface area contributed by atoms with Crippen LogP contribution in [0.4, 0.5) is 0 Å². The van der Waals surface area contributed by atoms with E-state index in [1.54, 1.807) is 0 Å². The zero-order chi connectivity index (χ0) is 12.2. The number of likely N-dealkylation sites (tertiary alicyclic amines) is 1. The number of nitrogens with two attached hydrogens (primary N) is 1. The number of carbonyl (C=O) groups is 1. The molecule has 1 heterocycles. The molecule has 0 saturated carbocycles. The molecule has 0 aliphatic carbocycles. The first-order valence-electron chi connectivity index (χ1n) is 6.43. The van der Waals surface area contributed by atoms with Crippen LogP contribution in [0.3, 0.4) is 0 Å². The summed E-state index contributed by atoms with van der Waals surface area (Å²) in [4.78, 5) is 14.0. The van der Waals surface area contributed by atoms with E-state index in [0.717, 1.165) is 32.2 Å². The zero-order valence-corrected chi connectivity index (χ0v) is 12.2. The van der Waals surface area contributed by atoms with Crippen LogP contribution in [0.25, 0.3) is 0 Å². The highest BCUT2D eigenvalue weighted by Crippen LogP contribution is 2.23. The van der Waals surface area contributed by atoms with Crippen LogP contribution >= 0.6 is 12.4 Å². The molecular formula is C13H27ClN2O. The van der Waals surface area contributed by atoms with Crippen molar-refractivity contribution in [3.8, 4) is 0 Å². The van der Waals surface area contributed by atoms with E-state index in [4.69, 9.17) is 5.73 Å². The van der Waals surface area contributed by atoms with E-state index < -0.39 is 0 Å². The highest BCUT2D eigenvalue weighted by Gasteiger charge is 2.27. The van der Waals surface area contributed by atoms with Gasteiger partial charge in [-0.15, -0.1) is 12.4 Å². The van der Waals surface area contributed by atoms with E-state index in [1.807, 2.05) is 4.90 Å². The fourth-order valence-electron chi connectivity index (χ4n) is 2.32. The van der Waals surface area contributed by atoms with Crippen molar-refractivity contribution in [2.45, 2.75) is 58.9 Å². The van der Waals surface area contributed by atoms with Crippen LogP contribution in [0.5, 0.6) is 0 Å². The first-order chi connectivity index (χ1) is 7.44. The maximum atomic E-state index is 12.0. The van der Waals surface area contributed by atoms with Gasteiger partial charge in [0.25, 0.3) is 0 Å². The van der Waals surface area contributed by atoms with Gasteiger partial charge in [0.15, 0.2) is 0 Å². The van der Waals surface area contributed by atoms with E-state index in [9.17, 15) is 4.79 Å². The summed E-state index contributed by atoms with van der Waals surface area (Å²) in [6.07, 6.45) is 5.00. The van der Waals surface area contributed by atoms with Gasteiger partial charge in [-0.05, 0) is 31.1 Å². The van der Waals surface area contributed by atoms with Crippen molar-refractivity contribution < 1.29 is 4.79 Å². The van der Waals surface area contributed by atoms with Gasteiger partial charge < -0.3 is 10.6 Å². The Bertz CT molecular complexity index is 238. The molecule has 1 saturated heterocycles. The van der Waals surface area contributed by atoms with Crippen molar-refractivity contribution in [2.24, 2.45) is 11.1 Å². The number of nitrogens with zero attached hydrogens (tertiary/aromatic N) is 1. The Morgan fingerprint density at radius 1 is 1.41 bits per heavy atom. The van der Waals surface area contributed by atoms with Gasteiger partial charge in [0.05, 0.1) is 0 Å². The minimum Gasteiger partial charge on any atom is -0.338 e. The summed E-state index contributed by atoms with van der Waals surface area (Å²) in [5.74, 6) is 0.303. The quantitative estimate of drug-likeness (QED) is 0.847. The van der Waals surface area contributed by atoms with Gasteiger partial charge in [0.1, 0.15) is 0 Å². The molecule has 0 radical (unpaired) electrons. The molecule has 1 amide bonds. The standard InChI is InChI=1S/C13H26N2O.ClH/c1-13(2,3)8-4-7-12(16)15-9-5-6-11(15)10-14;/h11H,4-10,14H2,1-3H3;1H. The molecule has 0 aromatic carbocycles. The zero-order valence-electron chi connectivity index (χ0n) is 11.4. The molecule has 0 aromatic rings. The highest BCUT2D eigenvalue weighted by molar-refractivity contribution is 5.85. The summed E-state index contributed by atoms with van der Waals surface area (Å²) in [7, 11) is 0. The predicted octanol–water partition coefficient (Wildman–Crippen LogP) is 2.57. The Balaban J connectivity index is 0.00000256. The first-order valence-corrected chi connectivity index (χ1v) is 6.43. The fraction of sp³-hybridized carbons (Fsp3) is 0.923. The highest BCUT2D eigenvalue weighted by atomic mass is 35.5. The average Bonchev–Trinajstić information content (AvgIpc) is 2.63. The molecule has 1 aliphatic heterocycles. The number of hydrogen-bond donors (Lipinski definition) is 1. The summed E-state index contributed by atoms with van der Waals surface area (Å²) >= 11 is 0. The van der Waals surface area contributed by atoms with Gasteiger partial charge in [-0.3, -0.25) is 4.79 Å². The number of amides is 1. The summed E-state index contributed by atoms with van der Waals surface area (Å²) in [5, 5.41) is 0. The van der Waals surface area contributed by atoms with Gasteiger partial charge >= 0.3 is 0 Å². The maximum absolute atomic E-state index is 12.0. The molecule has 1 unspecified atom stereocenters. The molecule has 1 atom stereocenters. The number of hydrogen-bond acceptors (Lipinski definition) is 2. The SMILES string of the molecule is CC(C)(C)CCCC(=O)N1CCCC1CN.Cl. The molecule has 1 fully saturated rings. The molecule has 102 valence electrons. The topological polar surface area (TPSA) is 46.3 Å². The van der Waals surface area contributed by atoms with Crippen LogP contribution in [-0.4, -0.2) is 29.9 Å². The molecule has 0 spiro atoms. The van der Waals surface area contributed by atoms with Gasteiger partial charge in [0, 0.05) is 25.6 Å². The maximum Gasteiger partial charge on any atom is 0.222 e. The van der Waals surface area contributed by atoms with Gasteiger partial charge in [0.2, 0.25) is 5.91 Å². The normalized spacial score (nSPS) is 20.2. The van der Waals surface area contributed by atoms with Crippen molar-refractivity contribution in [1.29, 1.82) is 0 Å². The summed E-state index contributed by atoms with van der Waals surface area (Å²) < 4.78 is 0. The molecule has 1 aliphatic rings. The second-order valence-corrected chi connectivity index (χ2v) is 6.03. The third kappa shape index (κ3) is 5.73. The van der Waals surface area contributed by atoms with Crippen LogP contribution in [0.15, 0.2) is 0 Å². The van der Waals surface area contributed by atoms with Crippen molar-refractivity contribution in [1.82, 2.24) is 4.90 Å². The summed E-state index contributed by atoms with van der Waals surface area (Å²) in [5.41, 5.74) is 6.00. The van der Waals surface area contributed by atoms with Crippen LogP contribution in [0.2, 0.25) is 0 Å². The van der Waals surface area contributed by atoms with Gasteiger partial charge in [-0.25, -0.2) is 0 Å². The summed E-state index contributed by atoms with van der Waals surface area (Å²) in [6.45, 7) is 8.18. The lowest BCUT2D eigenvalue weighted by Crippen LogP contribution is -2.39. The largest absolute Gasteiger partial charge is 0.338 e. The lowest BCUT2D eigenvalue weighted by molar-refractivity contribution is -0.132. The lowest BCUT2D eigenvalue weighted by Gasteiger charge is -2.24. The third-order valence-corrected chi connectivity index (χ3v) is 3.29. The molecule has 17 heavy (non-hydrogen) atoms. The van der Waals surface area contributed by atoms with Crippen molar-refractivity contribution >= 4 is 18.3 Å². The van der Waals surface area contributed by atoms with E-state index in [0.29, 0.717) is 30.3 Å². The Morgan fingerprint density at radius 2 is 2.06 bits per heavy atom. The average molecular weight is 263 g/mol. The van der Waals surface area contributed by atoms with E-state index in [1.165, 1.54) is 0 Å². The number of halogens is 1. The first kappa shape index (κ1) is 16.7. The predicted molar refractivity (Wildman–Crippen MR) is 74.3 cm³/mol. The van der Waals surface area contributed by atoms with Crippen LogP contribution in [-0.2, 0) is 4.79 Å². The summed E-state index contributed by atoms with van der Waals surface area (Å²) in [6, 6.07) is 0.308. The Hall–Kier alpha value is -0.280. The molecule has 1 rings (SSSR count). The third-order valence-electron chi connectivity index (χ3n) is 3.29. The van der Waals surface area contributed by atoms with Gasteiger partial charge in [-0.2, -0.15) is 0 Å². The molecule has 0 bridgehead atoms. The van der Waals surface area contributed by atoms with E-state index >= 15 is 0 Å². The molecule has 4 heteroatoms. The van der Waals surface area contributed by atoms with E-state index in [-0.39, 0.29) is 12.4 Å². The number of rotatable bonds is 4. The Morgan fingerprint density at radius 3 is 2.59 bits per heavy atom. The smallest absolute Gasteiger partial charge is 0.222 e. The van der Waals surface area contributed by atoms with Crippen molar-refractivity contribution in [2.75, 3.05) is 13.1 Å². The molecule has 2 N–H and O–H groups in total. The van der Waals surface area contributed by atoms with Gasteiger partial charge in [-0.1, -0.05) is 20.8 Å². The minimum atomic E-state index is 0. The Labute approximate surface area is 112 Å². The van der Waals surface area contributed by atoms with Crippen LogP contribution < -0.4 is 5.73 Å². The second kappa shape index (κ2) is 7.22. The molecular weight excluding hydrogens is 236 g/mol. The minimum absolute atomic E-state index is 0. The molecule has 3 nitrogen and oxygen atoms in total. The second-order valence-electron chi connectivity index (χ2n) is 6.03. The molecule has 0 aromatic heterocycles. The fourth-order valence-corrected chi connectivity index (χ4v) is 2.32.